The highest BCUT2D eigenvalue weighted by atomic mass is 19.4. The Morgan fingerprint density at radius 2 is 1.75 bits per heavy atom. The number of amides is 1. The summed E-state index contributed by atoms with van der Waals surface area (Å²) in [5.74, 6) is -0.0586. The molecule has 0 spiro atoms. The first kappa shape index (κ1) is 14.8. The lowest BCUT2D eigenvalue weighted by Gasteiger charge is -2.30. The Morgan fingerprint density at radius 1 is 1.20 bits per heavy atom. The van der Waals surface area contributed by atoms with E-state index in [4.69, 9.17) is 5.73 Å². The number of likely N-dealkylation sites (tertiary alicyclic amines) is 1. The van der Waals surface area contributed by atoms with Crippen LogP contribution in [0.5, 0.6) is 0 Å². The van der Waals surface area contributed by atoms with Gasteiger partial charge in [0.15, 0.2) is 0 Å². The van der Waals surface area contributed by atoms with E-state index in [2.05, 4.69) is 0 Å². The molecule has 2 N–H and O–H groups in total. The molecule has 0 unspecified atom stereocenters. The first-order valence-corrected chi connectivity index (χ1v) is 6.56. The molecule has 110 valence electrons. The predicted molar refractivity (Wildman–Crippen MR) is 68.9 cm³/mol. The second-order valence-electron chi connectivity index (χ2n) is 5.09. The van der Waals surface area contributed by atoms with Crippen LogP contribution in [0.3, 0.4) is 0 Å². The molecule has 1 aromatic rings. The number of carbonyl (C=O) groups is 1. The molecular formula is C14H17F3N2O. The summed E-state index contributed by atoms with van der Waals surface area (Å²) in [6.07, 6.45) is -2.66. The molecule has 2 rings (SSSR count). The highest BCUT2D eigenvalue weighted by molar-refractivity contribution is 5.78. The number of carbonyl (C=O) groups excluding carboxylic acids is 1. The summed E-state index contributed by atoms with van der Waals surface area (Å²) in [5.41, 5.74) is 5.66. The van der Waals surface area contributed by atoms with Gasteiger partial charge in [0, 0.05) is 19.1 Å². The van der Waals surface area contributed by atoms with Crippen LogP contribution < -0.4 is 5.73 Å². The van der Waals surface area contributed by atoms with Crippen molar-refractivity contribution in [1.29, 1.82) is 0 Å². The van der Waals surface area contributed by atoms with Gasteiger partial charge in [-0.2, -0.15) is 13.2 Å². The average molecular weight is 286 g/mol. The highest BCUT2D eigenvalue weighted by Crippen LogP contribution is 2.29. The van der Waals surface area contributed by atoms with E-state index in [0.717, 1.165) is 25.0 Å². The van der Waals surface area contributed by atoms with Gasteiger partial charge in [0.1, 0.15) is 0 Å². The van der Waals surface area contributed by atoms with Gasteiger partial charge in [0.05, 0.1) is 12.0 Å². The minimum absolute atomic E-state index is 0.0586. The van der Waals surface area contributed by atoms with E-state index in [9.17, 15) is 18.0 Å². The maximum absolute atomic E-state index is 12.4. The number of nitrogens with two attached hydrogens (primary N) is 1. The lowest BCUT2D eigenvalue weighted by atomic mass is 10.0. The number of halogens is 3. The number of piperidine rings is 1. The molecule has 1 aromatic carbocycles. The molecule has 20 heavy (non-hydrogen) atoms. The van der Waals surface area contributed by atoms with Crippen molar-refractivity contribution < 1.29 is 18.0 Å². The van der Waals surface area contributed by atoms with Crippen LogP contribution in [-0.4, -0.2) is 29.9 Å². The minimum Gasteiger partial charge on any atom is -0.342 e. The zero-order valence-electron chi connectivity index (χ0n) is 11.0. The van der Waals surface area contributed by atoms with Gasteiger partial charge < -0.3 is 10.6 Å². The van der Waals surface area contributed by atoms with Crippen LogP contribution in [0.1, 0.15) is 24.0 Å². The van der Waals surface area contributed by atoms with Crippen LogP contribution in [0.15, 0.2) is 24.3 Å². The fourth-order valence-electron chi connectivity index (χ4n) is 2.25. The molecule has 0 aromatic heterocycles. The molecule has 0 aliphatic carbocycles. The van der Waals surface area contributed by atoms with Crippen molar-refractivity contribution in [3.8, 4) is 0 Å². The Bertz CT molecular complexity index is 462. The number of hydrogen-bond acceptors (Lipinski definition) is 2. The molecule has 0 atom stereocenters. The molecule has 6 heteroatoms. The summed E-state index contributed by atoms with van der Waals surface area (Å²) >= 11 is 0. The zero-order chi connectivity index (χ0) is 14.8. The Balaban J connectivity index is 1.94. The second-order valence-corrected chi connectivity index (χ2v) is 5.09. The van der Waals surface area contributed by atoms with Crippen LogP contribution in [0, 0.1) is 0 Å². The Morgan fingerprint density at radius 3 is 2.25 bits per heavy atom. The van der Waals surface area contributed by atoms with E-state index in [-0.39, 0.29) is 18.4 Å². The van der Waals surface area contributed by atoms with Crippen LogP contribution in [0.4, 0.5) is 13.2 Å². The molecule has 1 amide bonds. The summed E-state index contributed by atoms with van der Waals surface area (Å²) in [6.45, 7) is 1.25. The largest absolute Gasteiger partial charge is 0.416 e. The van der Waals surface area contributed by atoms with Crippen LogP contribution in [0.2, 0.25) is 0 Å². The smallest absolute Gasteiger partial charge is 0.342 e. The number of hydrogen-bond donors (Lipinski definition) is 1. The van der Waals surface area contributed by atoms with E-state index in [0.29, 0.717) is 18.7 Å². The van der Waals surface area contributed by atoms with Crippen molar-refractivity contribution in [3.05, 3.63) is 35.4 Å². The maximum Gasteiger partial charge on any atom is 0.416 e. The normalized spacial score (nSPS) is 17.3. The number of nitrogens with zero attached hydrogens (tertiary/aromatic N) is 1. The molecule has 0 bridgehead atoms. The van der Waals surface area contributed by atoms with Crippen molar-refractivity contribution in [3.63, 3.8) is 0 Å². The lowest BCUT2D eigenvalue weighted by Crippen LogP contribution is -2.43. The van der Waals surface area contributed by atoms with E-state index in [1.54, 1.807) is 4.90 Å². The Hall–Kier alpha value is -1.56. The van der Waals surface area contributed by atoms with Gasteiger partial charge in [-0.15, -0.1) is 0 Å². The average Bonchev–Trinajstić information content (AvgIpc) is 2.39. The molecule has 0 radical (unpaired) electrons. The number of alkyl halides is 3. The molecule has 1 heterocycles. The maximum atomic E-state index is 12.4. The van der Waals surface area contributed by atoms with E-state index in [1.165, 1.54) is 12.1 Å². The number of benzene rings is 1. The topological polar surface area (TPSA) is 46.3 Å². The van der Waals surface area contributed by atoms with Crippen molar-refractivity contribution in [1.82, 2.24) is 4.90 Å². The van der Waals surface area contributed by atoms with Crippen LogP contribution in [-0.2, 0) is 17.4 Å². The summed E-state index contributed by atoms with van der Waals surface area (Å²) in [7, 11) is 0. The summed E-state index contributed by atoms with van der Waals surface area (Å²) < 4.78 is 37.3. The summed E-state index contributed by atoms with van der Waals surface area (Å²) in [6, 6.07) is 4.88. The monoisotopic (exact) mass is 286 g/mol. The number of rotatable bonds is 2. The zero-order valence-corrected chi connectivity index (χ0v) is 11.0. The molecule has 1 aliphatic rings. The SMILES string of the molecule is NC1CCN(C(=O)Cc2ccc(C(F)(F)F)cc2)CC1. The van der Waals surface area contributed by atoms with E-state index < -0.39 is 11.7 Å². The van der Waals surface area contributed by atoms with Gasteiger partial charge in [-0.05, 0) is 30.5 Å². The van der Waals surface area contributed by atoms with E-state index in [1.807, 2.05) is 0 Å². The first-order valence-electron chi connectivity index (χ1n) is 6.56. The Labute approximate surface area is 115 Å². The van der Waals surface area contributed by atoms with Crippen molar-refractivity contribution in [2.45, 2.75) is 31.5 Å². The summed E-state index contributed by atoms with van der Waals surface area (Å²) in [4.78, 5) is 13.7. The molecule has 1 fully saturated rings. The second kappa shape index (κ2) is 5.83. The molecular weight excluding hydrogens is 269 g/mol. The molecule has 0 saturated carbocycles. The third kappa shape index (κ3) is 3.72. The van der Waals surface area contributed by atoms with Gasteiger partial charge >= 0.3 is 6.18 Å². The molecule has 3 nitrogen and oxygen atoms in total. The van der Waals surface area contributed by atoms with Gasteiger partial charge in [-0.3, -0.25) is 4.79 Å². The van der Waals surface area contributed by atoms with Gasteiger partial charge in [-0.25, -0.2) is 0 Å². The first-order chi connectivity index (χ1) is 9.36. The minimum atomic E-state index is -4.34. The van der Waals surface area contributed by atoms with Crippen LogP contribution >= 0.6 is 0 Å². The Kier molecular flexibility index (Phi) is 4.32. The third-order valence-corrected chi connectivity index (χ3v) is 3.53. The van der Waals surface area contributed by atoms with Gasteiger partial charge in [0.25, 0.3) is 0 Å². The third-order valence-electron chi connectivity index (χ3n) is 3.53. The molecule has 1 saturated heterocycles. The van der Waals surface area contributed by atoms with E-state index >= 15 is 0 Å². The van der Waals surface area contributed by atoms with Crippen molar-refractivity contribution >= 4 is 5.91 Å². The molecule has 1 aliphatic heterocycles. The highest BCUT2D eigenvalue weighted by Gasteiger charge is 2.30. The van der Waals surface area contributed by atoms with Gasteiger partial charge in [0.2, 0.25) is 5.91 Å². The van der Waals surface area contributed by atoms with Crippen molar-refractivity contribution in [2.75, 3.05) is 13.1 Å². The lowest BCUT2D eigenvalue weighted by molar-refractivity contribution is -0.137. The summed E-state index contributed by atoms with van der Waals surface area (Å²) in [5, 5.41) is 0. The predicted octanol–water partition coefficient (Wildman–Crippen LogP) is 2.20. The van der Waals surface area contributed by atoms with Crippen molar-refractivity contribution in [2.24, 2.45) is 5.73 Å². The fraction of sp³-hybridized carbons (Fsp3) is 0.500. The standard InChI is InChI=1S/C14H17F3N2O/c15-14(16,17)11-3-1-10(2-4-11)9-13(20)19-7-5-12(18)6-8-19/h1-4,12H,5-9,18H2. The fourth-order valence-corrected chi connectivity index (χ4v) is 2.25. The van der Waals surface area contributed by atoms with Gasteiger partial charge in [-0.1, -0.05) is 12.1 Å². The van der Waals surface area contributed by atoms with Crippen LogP contribution in [0.25, 0.3) is 0 Å². The quantitative estimate of drug-likeness (QED) is 0.906.